The summed E-state index contributed by atoms with van der Waals surface area (Å²) in [5, 5.41) is 63.0. The number of ether oxygens (including phenoxy) is 4. The highest BCUT2D eigenvalue weighted by atomic mass is 16.7. The number of amides is 1. The number of phenols is 1. The van der Waals surface area contributed by atoms with Crippen LogP contribution in [-0.2, 0) is 29.0 Å². The molecule has 1 amide bonds. The molecule has 10 rings (SSSR count). The Bertz CT molecular complexity index is 2640. The van der Waals surface area contributed by atoms with Gasteiger partial charge in [0.25, 0.3) is 5.91 Å². The number of aryl methyl sites for hydroxylation is 1. The number of aromatic nitrogens is 1. The van der Waals surface area contributed by atoms with Gasteiger partial charge in [0.15, 0.2) is 11.4 Å². The summed E-state index contributed by atoms with van der Waals surface area (Å²) in [5.41, 5.74) is 3.53. The average molecular weight is 846 g/mol. The van der Waals surface area contributed by atoms with Crippen molar-refractivity contribution in [3.63, 3.8) is 0 Å². The highest BCUT2D eigenvalue weighted by Gasteiger charge is 2.57. The van der Waals surface area contributed by atoms with Crippen LogP contribution in [0.5, 0.6) is 17.2 Å². The van der Waals surface area contributed by atoms with Crippen molar-refractivity contribution in [1.82, 2.24) is 15.2 Å². The number of aromatic hydroxyl groups is 1. The van der Waals surface area contributed by atoms with Gasteiger partial charge in [0.2, 0.25) is 6.29 Å². The number of ketones is 1. The number of nitrogens with zero attached hydrogens (tertiary/aromatic N) is 1. The van der Waals surface area contributed by atoms with Crippen LogP contribution in [0.15, 0.2) is 60.8 Å². The van der Waals surface area contributed by atoms with E-state index >= 15 is 0 Å². The van der Waals surface area contributed by atoms with Crippen molar-refractivity contribution in [1.29, 1.82) is 0 Å². The molecule has 0 radical (unpaired) electrons. The van der Waals surface area contributed by atoms with E-state index in [4.69, 9.17) is 18.9 Å². The number of Topliss-reactive ketones (excluding diaryl/α,β-unsaturated/α-hetero) is 1. The Hall–Kier alpha value is -5.32. The summed E-state index contributed by atoms with van der Waals surface area (Å²) in [6.07, 6.45) is 2.15. The topological polar surface area (TPSA) is 203 Å². The lowest BCUT2D eigenvalue weighted by Crippen LogP contribution is -2.69. The number of hydrogen-bond acceptors (Lipinski definition) is 12. The van der Waals surface area contributed by atoms with Gasteiger partial charge in [0.1, 0.15) is 41.7 Å². The van der Waals surface area contributed by atoms with Crippen LogP contribution in [0, 0.1) is 5.92 Å². The predicted molar refractivity (Wildman–Crippen MR) is 228 cm³/mol. The van der Waals surface area contributed by atoms with Crippen molar-refractivity contribution in [2.24, 2.45) is 5.92 Å². The van der Waals surface area contributed by atoms with Gasteiger partial charge >= 0.3 is 0 Å². The monoisotopic (exact) mass is 845 g/mol. The third-order valence-electron chi connectivity index (χ3n) is 13.9. The van der Waals surface area contributed by atoms with Gasteiger partial charge in [-0.1, -0.05) is 36.8 Å². The molecule has 2 bridgehead atoms. The minimum atomic E-state index is -2.55. The molecular weight excluding hydrogens is 795 g/mol. The van der Waals surface area contributed by atoms with Crippen LogP contribution in [0.4, 0.5) is 0 Å². The highest BCUT2D eigenvalue weighted by molar-refractivity contribution is 6.13. The summed E-state index contributed by atoms with van der Waals surface area (Å²) >= 11 is 0. The van der Waals surface area contributed by atoms with Crippen LogP contribution >= 0.6 is 0 Å². The average Bonchev–Trinajstić information content (AvgIpc) is 4.01. The summed E-state index contributed by atoms with van der Waals surface area (Å²) in [6, 6.07) is 15.2. The first kappa shape index (κ1) is 40.7. The second-order valence-corrected chi connectivity index (χ2v) is 17.4. The molecule has 62 heavy (non-hydrogen) atoms. The SMILES string of the molecule is CNCc1ccc2[nH]cc(C3C=Cc4c(OC)cc5c6c(c(C(=O)CN7Cc8ccccc8C7=O)c(O)c5c4OC4OC(CO3)C(O)C(O)C4(O)CO)C3CCCC3CC6)c2c1. The van der Waals surface area contributed by atoms with Gasteiger partial charge in [0, 0.05) is 41.3 Å². The Labute approximate surface area is 357 Å². The molecule has 324 valence electrons. The highest BCUT2D eigenvalue weighted by Crippen LogP contribution is 2.55. The second kappa shape index (κ2) is 15.8. The molecule has 3 aliphatic heterocycles. The van der Waals surface area contributed by atoms with Gasteiger partial charge in [-0.25, -0.2) is 0 Å². The number of aromatic amines is 1. The number of nitrogens with one attached hydrogen (secondary N) is 2. The number of hydrogen-bond donors (Lipinski definition) is 7. The van der Waals surface area contributed by atoms with Gasteiger partial charge in [-0.2, -0.15) is 0 Å². The quantitative estimate of drug-likeness (QED) is 0.106. The van der Waals surface area contributed by atoms with E-state index in [1.165, 1.54) is 12.0 Å². The van der Waals surface area contributed by atoms with Crippen LogP contribution in [0.2, 0.25) is 0 Å². The zero-order valence-electron chi connectivity index (χ0n) is 34.6. The maximum absolute atomic E-state index is 14.9. The van der Waals surface area contributed by atoms with E-state index < -0.39 is 48.7 Å². The van der Waals surface area contributed by atoms with E-state index in [1.807, 2.05) is 43.6 Å². The molecule has 5 aliphatic rings. The van der Waals surface area contributed by atoms with E-state index in [9.17, 15) is 35.1 Å². The van der Waals surface area contributed by atoms with E-state index in [-0.39, 0.29) is 54.0 Å². The zero-order valence-corrected chi connectivity index (χ0v) is 34.6. The fourth-order valence-corrected chi connectivity index (χ4v) is 10.8. The minimum Gasteiger partial charge on any atom is -0.506 e. The molecule has 8 unspecified atom stereocenters. The molecule has 1 saturated carbocycles. The van der Waals surface area contributed by atoms with Crippen LogP contribution in [0.25, 0.3) is 27.8 Å². The summed E-state index contributed by atoms with van der Waals surface area (Å²) in [4.78, 5) is 33.3. The molecule has 8 atom stereocenters. The second-order valence-electron chi connectivity index (χ2n) is 17.4. The fraction of sp³-hybridized carbons (Fsp3) is 0.417. The molecule has 7 N–H and O–H groups in total. The summed E-state index contributed by atoms with van der Waals surface area (Å²) in [5.74, 6) is -0.414. The maximum Gasteiger partial charge on any atom is 0.254 e. The Morgan fingerprint density at radius 2 is 1.94 bits per heavy atom. The van der Waals surface area contributed by atoms with Crippen molar-refractivity contribution in [3.05, 3.63) is 105 Å². The summed E-state index contributed by atoms with van der Waals surface area (Å²) < 4.78 is 25.5. The Morgan fingerprint density at radius 1 is 1.10 bits per heavy atom. The molecular formula is C48H51N3O11. The molecule has 14 nitrogen and oxygen atoms in total. The third kappa shape index (κ3) is 6.42. The largest absolute Gasteiger partial charge is 0.506 e. The molecule has 2 aliphatic carbocycles. The van der Waals surface area contributed by atoms with E-state index in [0.717, 1.165) is 64.4 Å². The van der Waals surface area contributed by atoms with E-state index in [1.54, 1.807) is 24.3 Å². The molecule has 4 heterocycles. The molecule has 0 spiro atoms. The first-order valence-corrected chi connectivity index (χ1v) is 21.4. The number of benzene rings is 4. The summed E-state index contributed by atoms with van der Waals surface area (Å²) in [7, 11) is 3.38. The number of aliphatic hydroxyl groups is 4. The number of H-pyrrole nitrogens is 1. The molecule has 1 aromatic heterocycles. The zero-order chi connectivity index (χ0) is 43.0. The van der Waals surface area contributed by atoms with Crippen LogP contribution < -0.4 is 14.8 Å². The number of carbonyl (C=O) groups is 2. The van der Waals surface area contributed by atoms with Gasteiger partial charge in [-0.3, -0.25) is 9.59 Å². The van der Waals surface area contributed by atoms with Crippen LogP contribution in [0.3, 0.4) is 0 Å². The van der Waals surface area contributed by atoms with E-state index in [2.05, 4.69) is 16.4 Å². The van der Waals surface area contributed by atoms with Gasteiger partial charge in [-0.15, -0.1) is 0 Å². The van der Waals surface area contributed by atoms with Crippen molar-refractivity contribution >= 4 is 39.4 Å². The lowest BCUT2D eigenvalue weighted by atomic mass is 9.72. The van der Waals surface area contributed by atoms with Gasteiger partial charge < -0.3 is 59.7 Å². The number of aliphatic hydroxyl groups excluding tert-OH is 3. The van der Waals surface area contributed by atoms with Gasteiger partial charge in [-0.05, 0) is 103 Å². The molecule has 5 aromatic rings. The molecule has 4 aromatic carbocycles. The molecule has 2 fully saturated rings. The lowest BCUT2D eigenvalue weighted by molar-refractivity contribution is -0.329. The number of fused-ring (bicyclic) bond motifs is 11. The van der Waals surface area contributed by atoms with Crippen molar-refractivity contribution in [2.75, 3.05) is 33.9 Å². The number of carbonyl (C=O) groups excluding carboxylic acids is 2. The lowest BCUT2D eigenvalue weighted by Gasteiger charge is -2.47. The van der Waals surface area contributed by atoms with E-state index in [0.29, 0.717) is 41.1 Å². The standard InChI is InChI=1S/C48H51N3O11/c1-49-18-24-10-14-34-31(16-24)33(19-50-34)36-15-13-30-37(59-2)17-32-29-12-11-25-7-5-9-27(25)39(29)41(35(53)21-51-20-26-6-3-4-8-28(26)46(51)57)43(55)40(32)44(30)62-47-48(58,23-52)45(56)42(54)38(61-47)22-60-36/h3-4,6,8,10,13-17,19,25,27,36,38,42,45,47,49-50,52,54-56,58H,5,7,9,11-12,18,20-23H2,1-2H3. The predicted octanol–water partition coefficient (Wildman–Crippen LogP) is 4.76. The first-order valence-electron chi connectivity index (χ1n) is 21.4. The van der Waals surface area contributed by atoms with Crippen LogP contribution in [-0.4, -0.2) is 111 Å². The normalized spacial score (nSPS) is 27.9. The van der Waals surface area contributed by atoms with Crippen molar-refractivity contribution in [2.45, 2.75) is 87.4 Å². The third-order valence-corrected chi connectivity index (χ3v) is 13.9. The smallest absolute Gasteiger partial charge is 0.254 e. The molecule has 14 heteroatoms. The Morgan fingerprint density at radius 3 is 2.73 bits per heavy atom. The van der Waals surface area contributed by atoms with Crippen molar-refractivity contribution < 1.29 is 54.1 Å². The fourth-order valence-electron chi connectivity index (χ4n) is 10.8. The number of methoxy groups -OCH3 is 1. The van der Waals surface area contributed by atoms with Crippen LogP contribution in [0.1, 0.15) is 91.8 Å². The maximum atomic E-state index is 14.9. The number of phenolic OH excluding ortho intramolecular Hbond substituents is 1. The first-order chi connectivity index (χ1) is 30.0. The Kier molecular flexibility index (Phi) is 10.4. The Balaban J connectivity index is 1.19. The van der Waals surface area contributed by atoms with Crippen molar-refractivity contribution in [3.8, 4) is 17.2 Å². The summed E-state index contributed by atoms with van der Waals surface area (Å²) in [6.45, 7) is -0.701. The molecule has 1 saturated heterocycles. The minimum absolute atomic E-state index is 0.00442. The van der Waals surface area contributed by atoms with Gasteiger partial charge in [0.05, 0.1) is 43.4 Å². The number of rotatable bonds is 8.